The number of amides is 1. The number of nitrogens with one attached hydrogen (secondary N) is 3. The highest BCUT2D eigenvalue weighted by atomic mass is 79.9. The predicted molar refractivity (Wildman–Crippen MR) is 112 cm³/mol. The molecule has 4 rings (SSSR count). The molecule has 1 amide bonds. The van der Waals surface area contributed by atoms with E-state index in [0.717, 1.165) is 0 Å². The Labute approximate surface area is 182 Å². The lowest BCUT2D eigenvalue weighted by molar-refractivity contribution is -0.385. The van der Waals surface area contributed by atoms with Crippen LogP contribution in [0.5, 0.6) is 0 Å². The molecule has 0 radical (unpaired) electrons. The van der Waals surface area contributed by atoms with E-state index >= 15 is 0 Å². The third-order valence-corrected chi connectivity index (χ3v) is 4.98. The molecule has 0 aliphatic carbocycles. The summed E-state index contributed by atoms with van der Waals surface area (Å²) in [5.74, 6) is -0.943. The quantitative estimate of drug-likeness (QED) is 0.216. The highest BCUT2D eigenvalue weighted by molar-refractivity contribution is 9.10. The number of aromatic nitrogens is 3. The minimum Gasteiger partial charge on any atom is -0.433 e. The molecule has 2 aromatic carbocycles. The van der Waals surface area contributed by atoms with E-state index in [0.29, 0.717) is 21.3 Å². The molecule has 0 bridgehead atoms. The minimum absolute atomic E-state index is 0.0819. The van der Waals surface area contributed by atoms with E-state index in [1.807, 2.05) is 0 Å². The fraction of sp³-hybridized carbons (Fsp3) is 0.0526. The summed E-state index contributed by atoms with van der Waals surface area (Å²) in [4.78, 5) is 38.5. The molecule has 1 aromatic heterocycles. The Morgan fingerprint density at radius 2 is 2.03 bits per heavy atom. The first-order chi connectivity index (χ1) is 14.9. The molecule has 0 saturated carbocycles. The van der Waals surface area contributed by atoms with Crippen molar-refractivity contribution in [3.8, 4) is 0 Å². The molecule has 1 fully saturated rings. The van der Waals surface area contributed by atoms with Crippen molar-refractivity contribution in [1.82, 2.24) is 20.5 Å². The van der Waals surface area contributed by atoms with Gasteiger partial charge in [-0.15, -0.1) is 0 Å². The van der Waals surface area contributed by atoms with Gasteiger partial charge in [0, 0.05) is 17.3 Å². The number of rotatable bonds is 5. The lowest BCUT2D eigenvalue weighted by Gasteiger charge is -2.11. The smallest absolute Gasteiger partial charge is 0.356 e. The Bertz CT molecular complexity index is 1190. The van der Waals surface area contributed by atoms with E-state index in [1.165, 1.54) is 24.5 Å². The van der Waals surface area contributed by atoms with E-state index in [9.17, 15) is 19.7 Å². The van der Waals surface area contributed by atoms with Crippen LogP contribution in [0.4, 0.5) is 11.4 Å². The summed E-state index contributed by atoms with van der Waals surface area (Å²) in [5.41, 5.74) is 1.70. The summed E-state index contributed by atoms with van der Waals surface area (Å²) < 4.78 is 5.68. The van der Waals surface area contributed by atoms with Gasteiger partial charge in [-0.3, -0.25) is 20.0 Å². The van der Waals surface area contributed by atoms with Crippen molar-refractivity contribution in [3.05, 3.63) is 86.0 Å². The fourth-order valence-electron chi connectivity index (χ4n) is 2.82. The third kappa shape index (κ3) is 4.43. The number of nitro groups is 1. The zero-order valence-electron chi connectivity index (χ0n) is 15.5. The number of ether oxygens (including phenoxy) is 1. The van der Waals surface area contributed by atoms with Crippen LogP contribution in [0.2, 0.25) is 0 Å². The molecule has 12 heteroatoms. The van der Waals surface area contributed by atoms with Crippen LogP contribution in [0, 0.1) is 10.1 Å². The Morgan fingerprint density at radius 3 is 2.71 bits per heavy atom. The Morgan fingerprint density at radius 1 is 1.26 bits per heavy atom. The fourth-order valence-corrected chi connectivity index (χ4v) is 3.22. The standard InChI is InChI=1S/C19H13BrN6O5/c20-13-6-1-10(8-15(13)26(29)30)7-14-19(28)31-18(24-14)11-2-4-12(5-3-11)23-17(27)16-21-9-22-25-16/h1-9,18,24H,(H,23,27)(H,21,22,25)/b14-7-/t18-/m0/s1. The lowest BCUT2D eigenvalue weighted by atomic mass is 10.1. The number of halogens is 1. The van der Waals surface area contributed by atoms with Crippen molar-refractivity contribution in [2.24, 2.45) is 0 Å². The molecule has 2 heterocycles. The second kappa shape index (κ2) is 8.36. The van der Waals surface area contributed by atoms with Crippen molar-refractivity contribution >= 4 is 45.3 Å². The molecule has 1 atom stereocenters. The summed E-state index contributed by atoms with van der Waals surface area (Å²) in [6, 6.07) is 11.2. The van der Waals surface area contributed by atoms with Crippen LogP contribution < -0.4 is 10.6 Å². The molecule has 3 N–H and O–H groups in total. The SMILES string of the molecule is O=C1O[C@@H](c2ccc(NC(=O)c3ncn[nH]3)cc2)N/C1=C\c1ccc(Br)c([N+](=O)[O-])c1. The van der Waals surface area contributed by atoms with Gasteiger partial charge in [0.15, 0.2) is 6.23 Å². The third-order valence-electron chi connectivity index (χ3n) is 4.31. The van der Waals surface area contributed by atoms with Crippen LogP contribution in [0.1, 0.15) is 28.0 Å². The van der Waals surface area contributed by atoms with Gasteiger partial charge in [0.05, 0.1) is 9.40 Å². The van der Waals surface area contributed by atoms with Gasteiger partial charge >= 0.3 is 5.97 Å². The predicted octanol–water partition coefficient (Wildman–Crippen LogP) is 2.91. The molecule has 0 spiro atoms. The summed E-state index contributed by atoms with van der Waals surface area (Å²) in [7, 11) is 0. The monoisotopic (exact) mass is 484 g/mol. The van der Waals surface area contributed by atoms with Crippen LogP contribution in [-0.2, 0) is 9.53 Å². The van der Waals surface area contributed by atoms with Gasteiger partial charge in [-0.1, -0.05) is 18.2 Å². The van der Waals surface area contributed by atoms with Crippen LogP contribution in [0.15, 0.2) is 59.0 Å². The maximum Gasteiger partial charge on any atom is 0.356 e. The summed E-state index contributed by atoms with van der Waals surface area (Å²) in [5, 5.41) is 22.8. The van der Waals surface area contributed by atoms with Gasteiger partial charge in [-0.05, 0) is 45.8 Å². The number of H-pyrrole nitrogens is 1. The number of nitro benzene ring substituents is 1. The number of cyclic esters (lactones) is 1. The van der Waals surface area contributed by atoms with E-state index in [2.05, 4.69) is 41.7 Å². The van der Waals surface area contributed by atoms with Crippen molar-refractivity contribution in [3.63, 3.8) is 0 Å². The number of nitrogens with zero attached hydrogens (tertiary/aromatic N) is 3. The first kappa shape index (κ1) is 20.2. The molecule has 1 saturated heterocycles. The molecule has 31 heavy (non-hydrogen) atoms. The summed E-state index contributed by atoms with van der Waals surface area (Å²) >= 11 is 3.12. The van der Waals surface area contributed by atoms with Crippen LogP contribution in [-0.4, -0.2) is 32.0 Å². The van der Waals surface area contributed by atoms with Crippen LogP contribution >= 0.6 is 15.9 Å². The normalized spacial score (nSPS) is 16.6. The minimum atomic E-state index is -0.733. The van der Waals surface area contributed by atoms with Gasteiger partial charge in [0.2, 0.25) is 5.82 Å². The first-order valence-electron chi connectivity index (χ1n) is 8.80. The van der Waals surface area contributed by atoms with Crippen molar-refractivity contribution in [1.29, 1.82) is 0 Å². The van der Waals surface area contributed by atoms with Crippen molar-refractivity contribution in [2.75, 3.05) is 5.32 Å². The number of benzene rings is 2. The maximum atomic E-state index is 12.2. The van der Waals surface area contributed by atoms with Gasteiger partial charge in [0.25, 0.3) is 11.6 Å². The topological polar surface area (TPSA) is 152 Å². The van der Waals surface area contributed by atoms with E-state index in [4.69, 9.17) is 4.74 Å². The first-order valence-corrected chi connectivity index (χ1v) is 9.60. The van der Waals surface area contributed by atoms with Gasteiger partial charge in [0.1, 0.15) is 12.0 Å². The van der Waals surface area contributed by atoms with Gasteiger partial charge in [-0.25, -0.2) is 9.78 Å². The molecule has 156 valence electrons. The molecule has 11 nitrogen and oxygen atoms in total. The highest BCUT2D eigenvalue weighted by Gasteiger charge is 2.29. The van der Waals surface area contributed by atoms with Crippen molar-refractivity contribution in [2.45, 2.75) is 6.23 Å². The van der Waals surface area contributed by atoms with Crippen LogP contribution in [0.3, 0.4) is 0 Å². The molecule has 3 aromatic rings. The van der Waals surface area contributed by atoms with Gasteiger partial charge in [-0.2, -0.15) is 5.10 Å². The van der Waals surface area contributed by atoms with E-state index < -0.39 is 23.0 Å². The second-order valence-electron chi connectivity index (χ2n) is 6.37. The number of carbonyl (C=O) groups excluding carboxylic acids is 2. The zero-order chi connectivity index (χ0) is 22.0. The molecular weight excluding hydrogens is 472 g/mol. The number of anilines is 1. The number of hydrogen-bond acceptors (Lipinski definition) is 8. The molecule has 1 aliphatic heterocycles. The largest absolute Gasteiger partial charge is 0.433 e. The Hall–Kier alpha value is -4.06. The number of esters is 1. The Kier molecular flexibility index (Phi) is 5.45. The number of carbonyl (C=O) groups is 2. The zero-order valence-corrected chi connectivity index (χ0v) is 17.1. The highest BCUT2D eigenvalue weighted by Crippen LogP contribution is 2.29. The molecule has 1 aliphatic rings. The average molecular weight is 485 g/mol. The number of hydrogen-bond donors (Lipinski definition) is 3. The van der Waals surface area contributed by atoms with Crippen molar-refractivity contribution < 1.29 is 19.2 Å². The van der Waals surface area contributed by atoms with E-state index in [1.54, 1.807) is 30.3 Å². The van der Waals surface area contributed by atoms with Gasteiger partial charge < -0.3 is 15.4 Å². The Balaban J connectivity index is 1.47. The molecular formula is C19H13BrN6O5. The summed E-state index contributed by atoms with van der Waals surface area (Å²) in [6.07, 6.45) is 1.98. The molecule has 0 unspecified atom stereocenters. The van der Waals surface area contributed by atoms with Crippen LogP contribution in [0.25, 0.3) is 6.08 Å². The lowest BCUT2D eigenvalue weighted by Crippen LogP contribution is -2.15. The number of aromatic amines is 1. The van der Waals surface area contributed by atoms with E-state index in [-0.39, 0.29) is 17.2 Å². The summed E-state index contributed by atoms with van der Waals surface area (Å²) in [6.45, 7) is 0. The average Bonchev–Trinajstić information content (AvgIpc) is 3.40. The second-order valence-corrected chi connectivity index (χ2v) is 7.22. The maximum absolute atomic E-state index is 12.2.